The molecule has 3 aromatic heterocycles. The van der Waals surface area contributed by atoms with E-state index in [9.17, 15) is 14.0 Å². The first-order chi connectivity index (χ1) is 19.9. The number of carbonyl (C=O) groups is 2. The van der Waals surface area contributed by atoms with Gasteiger partial charge in [-0.25, -0.2) is 19.3 Å². The SMILES string of the molecule is COc1cc(-c2cc(C(=O)N3CCC(C(N)=O)CC34CC4Cc3ncc(N4CCN[C@@H]5C[C@@H]54)cn3)[nH]n2)c(F)cn1. The van der Waals surface area contributed by atoms with Crippen molar-refractivity contribution >= 4 is 17.5 Å². The topological polar surface area (TPSA) is 155 Å². The van der Waals surface area contributed by atoms with Crippen molar-refractivity contribution in [2.24, 2.45) is 17.6 Å². The second-order valence-electron chi connectivity index (χ2n) is 11.5. The second-order valence-corrected chi connectivity index (χ2v) is 11.5. The van der Waals surface area contributed by atoms with Gasteiger partial charge in [0.05, 0.1) is 37.1 Å². The summed E-state index contributed by atoms with van der Waals surface area (Å²) in [6.45, 7) is 2.29. The lowest BCUT2D eigenvalue weighted by Gasteiger charge is -2.40. The summed E-state index contributed by atoms with van der Waals surface area (Å²) in [6, 6.07) is 4.07. The molecule has 0 radical (unpaired) electrons. The standard InChI is InChI=1S/C28H32FN9O3/c1-41-25-7-18(19(29)14-34-25)20-8-22(36-35-20)27(40)38-4-2-15(26(30)39)10-28(38)11-16(28)6-24-32-12-17(13-33-24)37-5-3-31-21-9-23(21)37/h7-8,12-16,21,23,31H,2-6,9-11H2,1H3,(H2,30,39)(H,35,36)/t15?,16?,21-,23+,28?/m1/s1. The van der Waals surface area contributed by atoms with E-state index in [4.69, 9.17) is 10.5 Å². The Bertz CT molecular complexity index is 1500. The average Bonchev–Trinajstić information content (AvgIpc) is 3.85. The number of nitrogens with two attached hydrogens (primary N) is 1. The first-order valence-electron chi connectivity index (χ1n) is 14.0. The molecule has 0 bridgehead atoms. The smallest absolute Gasteiger partial charge is 0.272 e. The predicted molar refractivity (Wildman–Crippen MR) is 145 cm³/mol. The molecule has 4 aliphatic rings. The number of anilines is 1. The van der Waals surface area contributed by atoms with E-state index < -0.39 is 11.4 Å². The third-order valence-electron chi connectivity index (χ3n) is 9.18. The van der Waals surface area contributed by atoms with Gasteiger partial charge in [0.25, 0.3) is 5.91 Å². The van der Waals surface area contributed by atoms with Crippen LogP contribution in [0.25, 0.3) is 11.3 Å². The Kier molecular flexibility index (Phi) is 6.14. The molecule has 2 aliphatic carbocycles. The number of amides is 2. The fourth-order valence-electron chi connectivity index (χ4n) is 6.77. The highest BCUT2D eigenvalue weighted by atomic mass is 19.1. The van der Waals surface area contributed by atoms with Crippen LogP contribution in [-0.4, -0.2) is 86.2 Å². The summed E-state index contributed by atoms with van der Waals surface area (Å²) >= 11 is 0. The van der Waals surface area contributed by atoms with E-state index in [1.54, 1.807) is 0 Å². The maximum Gasteiger partial charge on any atom is 0.272 e. The zero-order valence-electron chi connectivity index (χ0n) is 22.7. The van der Waals surface area contributed by atoms with Gasteiger partial charge in [-0.3, -0.25) is 14.7 Å². The number of nitrogens with one attached hydrogen (secondary N) is 2. The van der Waals surface area contributed by atoms with E-state index in [1.807, 2.05) is 17.3 Å². The van der Waals surface area contributed by atoms with Gasteiger partial charge in [0.1, 0.15) is 11.5 Å². The molecular formula is C28H32FN9O3. The Morgan fingerprint density at radius 1 is 1.17 bits per heavy atom. The number of ether oxygens (including phenoxy) is 1. The number of methoxy groups -OCH3 is 1. The van der Waals surface area contributed by atoms with Gasteiger partial charge < -0.3 is 25.6 Å². The molecule has 214 valence electrons. The van der Waals surface area contributed by atoms with Crippen LogP contribution in [0.3, 0.4) is 0 Å². The third kappa shape index (κ3) is 4.57. The number of likely N-dealkylation sites (tertiary alicyclic amines) is 1. The van der Waals surface area contributed by atoms with E-state index in [2.05, 4.69) is 35.4 Å². The molecule has 2 saturated carbocycles. The second kappa shape index (κ2) is 9.75. The molecule has 4 N–H and O–H groups in total. The van der Waals surface area contributed by atoms with Gasteiger partial charge in [0, 0.05) is 61.2 Å². The average molecular weight is 562 g/mol. The van der Waals surface area contributed by atoms with Crippen LogP contribution in [0.1, 0.15) is 42.0 Å². The zero-order valence-corrected chi connectivity index (χ0v) is 22.7. The number of pyridine rings is 1. The van der Waals surface area contributed by atoms with Gasteiger partial charge >= 0.3 is 0 Å². The molecule has 5 heterocycles. The van der Waals surface area contributed by atoms with E-state index in [-0.39, 0.29) is 46.5 Å². The molecule has 3 aromatic rings. The third-order valence-corrected chi connectivity index (χ3v) is 9.18. The van der Waals surface area contributed by atoms with Gasteiger partial charge in [-0.2, -0.15) is 5.10 Å². The molecule has 2 aliphatic heterocycles. The van der Waals surface area contributed by atoms with E-state index in [0.29, 0.717) is 37.9 Å². The number of hydrogen-bond acceptors (Lipinski definition) is 9. The molecule has 2 saturated heterocycles. The van der Waals surface area contributed by atoms with Crippen LogP contribution in [0.4, 0.5) is 10.1 Å². The van der Waals surface area contributed by atoms with Crippen LogP contribution < -0.4 is 20.7 Å². The van der Waals surface area contributed by atoms with E-state index >= 15 is 0 Å². The van der Waals surface area contributed by atoms with Crippen molar-refractivity contribution < 1.29 is 18.7 Å². The summed E-state index contributed by atoms with van der Waals surface area (Å²) < 4.78 is 19.6. The van der Waals surface area contributed by atoms with Crippen molar-refractivity contribution in [3.63, 3.8) is 0 Å². The van der Waals surface area contributed by atoms with Gasteiger partial charge in [-0.1, -0.05) is 0 Å². The van der Waals surface area contributed by atoms with Gasteiger partial charge in [0.2, 0.25) is 11.8 Å². The Hall–Kier alpha value is -4.13. The fraction of sp³-hybridized carbons (Fsp3) is 0.500. The van der Waals surface area contributed by atoms with Gasteiger partial charge in [-0.15, -0.1) is 0 Å². The maximum absolute atomic E-state index is 14.5. The normalized spacial score (nSPS) is 28.3. The summed E-state index contributed by atoms with van der Waals surface area (Å²) in [5.41, 5.74) is 6.92. The number of fused-ring (bicyclic) bond motifs is 1. The van der Waals surface area contributed by atoms with Crippen LogP contribution in [0.15, 0.2) is 30.7 Å². The monoisotopic (exact) mass is 561 g/mol. The van der Waals surface area contributed by atoms with Crippen LogP contribution in [0.2, 0.25) is 0 Å². The van der Waals surface area contributed by atoms with Crippen molar-refractivity contribution in [3.8, 4) is 17.1 Å². The molecular weight excluding hydrogens is 529 g/mol. The minimum absolute atomic E-state index is 0.0933. The Morgan fingerprint density at radius 3 is 2.78 bits per heavy atom. The van der Waals surface area contributed by atoms with Crippen LogP contribution in [0.5, 0.6) is 5.88 Å². The number of carbonyl (C=O) groups excluding carboxylic acids is 2. The highest BCUT2D eigenvalue weighted by Gasteiger charge is 2.62. The summed E-state index contributed by atoms with van der Waals surface area (Å²) in [5, 5.41) is 10.5. The van der Waals surface area contributed by atoms with Crippen molar-refractivity contribution in [2.75, 3.05) is 31.6 Å². The number of nitrogens with zero attached hydrogens (tertiary/aromatic N) is 6. The number of piperazine rings is 1. The van der Waals surface area contributed by atoms with Gasteiger partial charge in [0.15, 0.2) is 5.82 Å². The first-order valence-corrected chi connectivity index (χ1v) is 14.0. The zero-order chi connectivity index (χ0) is 28.3. The van der Waals surface area contributed by atoms with E-state index in [0.717, 1.165) is 43.6 Å². The largest absolute Gasteiger partial charge is 0.481 e. The lowest BCUT2D eigenvalue weighted by molar-refractivity contribution is -0.124. The van der Waals surface area contributed by atoms with E-state index in [1.165, 1.54) is 19.2 Å². The Balaban J connectivity index is 1.10. The number of piperidine rings is 1. The molecule has 41 heavy (non-hydrogen) atoms. The fourth-order valence-corrected chi connectivity index (χ4v) is 6.77. The highest BCUT2D eigenvalue weighted by Crippen LogP contribution is 2.56. The van der Waals surface area contributed by atoms with Crippen LogP contribution in [-0.2, 0) is 11.2 Å². The summed E-state index contributed by atoms with van der Waals surface area (Å²) in [4.78, 5) is 43.4. The molecule has 5 atom stereocenters. The summed E-state index contributed by atoms with van der Waals surface area (Å²) in [6.07, 6.45) is 8.32. The van der Waals surface area contributed by atoms with Crippen molar-refractivity contribution in [1.29, 1.82) is 0 Å². The number of rotatable bonds is 7. The molecule has 13 heteroatoms. The summed E-state index contributed by atoms with van der Waals surface area (Å²) in [7, 11) is 1.44. The van der Waals surface area contributed by atoms with Crippen LogP contribution >= 0.6 is 0 Å². The lowest BCUT2D eigenvalue weighted by Crippen LogP contribution is -2.51. The number of hydrogen-bond donors (Lipinski definition) is 3. The molecule has 4 fully saturated rings. The lowest BCUT2D eigenvalue weighted by atomic mass is 9.86. The molecule has 12 nitrogen and oxygen atoms in total. The number of primary amides is 1. The molecule has 3 unspecified atom stereocenters. The minimum Gasteiger partial charge on any atom is -0.481 e. The number of H-pyrrole nitrogens is 1. The molecule has 0 aromatic carbocycles. The van der Waals surface area contributed by atoms with Crippen LogP contribution in [0, 0.1) is 17.7 Å². The molecule has 2 amide bonds. The maximum atomic E-state index is 14.5. The van der Waals surface area contributed by atoms with Crippen molar-refractivity contribution in [3.05, 3.63) is 48.1 Å². The van der Waals surface area contributed by atoms with Crippen molar-refractivity contribution in [1.82, 2.24) is 35.4 Å². The summed E-state index contributed by atoms with van der Waals surface area (Å²) in [5.74, 6) is -0.411. The Labute approximate surface area is 235 Å². The molecule has 1 spiro atoms. The minimum atomic E-state index is -0.572. The first kappa shape index (κ1) is 25.8. The Morgan fingerprint density at radius 2 is 2.00 bits per heavy atom. The molecule has 7 rings (SSSR count). The number of aromatic nitrogens is 5. The highest BCUT2D eigenvalue weighted by molar-refractivity contribution is 5.94. The van der Waals surface area contributed by atoms with Crippen molar-refractivity contribution in [2.45, 2.75) is 49.7 Å². The number of halogens is 1. The number of aromatic amines is 1. The van der Waals surface area contributed by atoms with Gasteiger partial charge in [-0.05, 0) is 37.7 Å². The quantitative estimate of drug-likeness (QED) is 0.387. The predicted octanol–water partition coefficient (Wildman–Crippen LogP) is 1.30.